The van der Waals surface area contributed by atoms with E-state index in [1.165, 1.54) is 0 Å². The lowest BCUT2D eigenvalue weighted by atomic mass is 10.1. The van der Waals surface area contributed by atoms with E-state index in [0.717, 1.165) is 16.7 Å². The Labute approximate surface area is 122 Å². The van der Waals surface area contributed by atoms with Gasteiger partial charge in [0.25, 0.3) is 0 Å². The highest BCUT2D eigenvalue weighted by Gasteiger charge is 2.03. The summed E-state index contributed by atoms with van der Waals surface area (Å²) in [6.45, 7) is 2.37. The quantitative estimate of drug-likeness (QED) is 0.909. The second kappa shape index (κ2) is 6.44. The number of hydrogen-bond acceptors (Lipinski definition) is 2. The van der Waals surface area contributed by atoms with Gasteiger partial charge in [-0.05, 0) is 36.2 Å². The molecule has 1 N–H and O–H groups in total. The summed E-state index contributed by atoms with van der Waals surface area (Å²) in [6, 6.07) is 12.9. The van der Waals surface area contributed by atoms with Crippen LogP contribution in [0.3, 0.4) is 0 Å². The second-order valence-electron chi connectivity index (χ2n) is 4.60. The van der Waals surface area contributed by atoms with Crippen LogP contribution in [0.4, 0.5) is 0 Å². The predicted molar refractivity (Wildman–Crippen MR) is 78.3 cm³/mol. The zero-order chi connectivity index (χ0) is 14.5. The van der Waals surface area contributed by atoms with Gasteiger partial charge in [0, 0.05) is 10.6 Å². The lowest BCUT2D eigenvalue weighted by Crippen LogP contribution is -2.00. The number of rotatable bonds is 5. The summed E-state index contributed by atoms with van der Waals surface area (Å²) in [6.07, 6.45) is 0.0179. The fraction of sp³-hybridized carbons (Fsp3) is 0.188. The van der Waals surface area contributed by atoms with Crippen LogP contribution in [0, 0.1) is 6.92 Å². The van der Waals surface area contributed by atoms with Crippen molar-refractivity contribution < 1.29 is 14.6 Å². The Morgan fingerprint density at radius 3 is 2.50 bits per heavy atom. The van der Waals surface area contributed by atoms with Crippen molar-refractivity contribution in [2.45, 2.75) is 20.0 Å². The number of carbonyl (C=O) groups is 1. The van der Waals surface area contributed by atoms with E-state index in [0.29, 0.717) is 17.4 Å². The number of carboxylic acid groups (broad SMARTS) is 1. The van der Waals surface area contributed by atoms with Crippen molar-refractivity contribution in [2.75, 3.05) is 0 Å². The SMILES string of the molecule is Cc1ccc(COc2ccc(CC(=O)O)cc2)c(Cl)c1. The van der Waals surface area contributed by atoms with Gasteiger partial charge >= 0.3 is 5.97 Å². The van der Waals surface area contributed by atoms with Gasteiger partial charge in [-0.1, -0.05) is 35.9 Å². The van der Waals surface area contributed by atoms with Crippen molar-refractivity contribution in [3.8, 4) is 5.75 Å². The Morgan fingerprint density at radius 1 is 1.20 bits per heavy atom. The zero-order valence-corrected chi connectivity index (χ0v) is 11.9. The first-order valence-electron chi connectivity index (χ1n) is 6.23. The third kappa shape index (κ3) is 4.00. The molecular weight excluding hydrogens is 276 g/mol. The summed E-state index contributed by atoms with van der Waals surface area (Å²) in [7, 11) is 0. The fourth-order valence-corrected chi connectivity index (χ4v) is 2.10. The second-order valence-corrected chi connectivity index (χ2v) is 5.01. The fourth-order valence-electron chi connectivity index (χ4n) is 1.81. The summed E-state index contributed by atoms with van der Waals surface area (Å²) in [5.41, 5.74) is 2.78. The highest BCUT2D eigenvalue weighted by atomic mass is 35.5. The normalized spacial score (nSPS) is 10.3. The number of benzene rings is 2. The summed E-state index contributed by atoms with van der Waals surface area (Å²) in [5, 5.41) is 9.38. The average molecular weight is 291 g/mol. The van der Waals surface area contributed by atoms with E-state index < -0.39 is 5.97 Å². The number of aryl methyl sites for hydroxylation is 1. The number of aliphatic carboxylic acids is 1. The van der Waals surface area contributed by atoms with Crippen molar-refractivity contribution in [1.82, 2.24) is 0 Å². The van der Waals surface area contributed by atoms with E-state index in [1.54, 1.807) is 24.3 Å². The van der Waals surface area contributed by atoms with Crippen LogP contribution in [0.1, 0.15) is 16.7 Å². The van der Waals surface area contributed by atoms with Crippen molar-refractivity contribution in [2.24, 2.45) is 0 Å². The zero-order valence-electron chi connectivity index (χ0n) is 11.1. The van der Waals surface area contributed by atoms with Crippen LogP contribution in [0.5, 0.6) is 5.75 Å². The van der Waals surface area contributed by atoms with Crippen LogP contribution in [-0.2, 0) is 17.8 Å². The summed E-state index contributed by atoms with van der Waals surface area (Å²) in [5.74, 6) is -0.152. The van der Waals surface area contributed by atoms with Gasteiger partial charge in [0.15, 0.2) is 0 Å². The maximum absolute atomic E-state index is 10.6. The summed E-state index contributed by atoms with van der Waals surface area (Å²) < 4.78 is 5.64. The van der Waals surface area contributed by atoms with Gasteiger partial charge in [0.05, 0.1) is 6.42 Å². The van der Waals surface area contributed by atoms with Crippen LogP contribution in [0.15, 0.2) is 42.5 Å². The van der Waals surface area contributed by atoms with Gasteiger partial charge in [-0.15, -0.1) is 0 Å². The van der Waals surface area contributed by atoms with Gasteiger partial charge < -0.3 is 9.84 Å². The molecule has 0 radical (unpaired) electrons. The number of ether oxygens (including phenoxy) is 1. The molecule has 0 atom stereocenters. The first-order chi connectivity index (χ1) is 9.54. The monoisotopic (exact) mass is 290 g/mol. The number of halogens is 1. The molecule has 2 aromatic carbocycles. The Kier molecular flexibility index (Phi) is 4.64. The average Bonchev–Trinajstić information content (AvgIpc) is 2.39. The van der Waals surface area contributed by atoms with Gasteiger partial charge in [0.2, 0.25) is 0 Å². The third-order valence-electron chi connectivity index (χ3n) is 2.88. The molecule has 2 aromatic rings. The molecule has 3 nitrogen and oxygen atoms in total. The molecule has 0 aliphatic carbocycles. The molecule has 0 spiro atoms. The van der Waals surface area contributed by atoms with E-state index in [4.69, 9.17) is 21.4 Å². The van der Waals surface area contributed by atoms with E-state index in [1.807, 2.05) is 25.1 Å². The lowest BCUT2D eigenvalue weighted by Gasteiger charge is -2.09. The van der Waals surface area contributed by atoms with Crippen LogP contribution < -0.4 is 4.74 Å². The van der Waals surface area contributed by atoms with Gasteiger partial charge in [-0.25, -0.2) is 0 Å². The standard InChI is InChI=1S/C16H15ClO3/c1-11-2-5-13(15(17)8-11)10-20-14-6-3-12(4-7-14)9-16(18)19/h2-8H,9-10H2,1H3,(H,18,19). The Balaban J connectivity index is 1.98. The van der Waals surface area contributed by atoms with E-state index in [-0.39, 0.29) is 6.42 Å². The van der Waals surface area contributed by atoms with Gasteiger partial charge in [0.1, 0.15) is 12.4 Å². The largest absolute Gasteiger partial charge is 0.489 e. The first-order valence-corrected chi connectivity index (χ1v) is 6.61. The van der Waals surface area contributed by atoms with Crippen molar-refractivity contribution in [1.29, 1.82) is 0 Å². The van der Waals surface area contributed by atoms with Crippen molar-refractivity contribution in [3.05, 3.63) is 64.2 Å². The molecule has 0 saturated carbocycles. The molecule has 0 unspecified atom stereocenters. The molecule has 0 saturated heterocycles. The number of carboxylic acids is 1. The van der Waals surface area contributed by atoms with Crippen LogP contribution in [-0.4, -0.2) is 11.1 Å². The molecule has 0 bridgehead atoms. The minimum absolute atomic E-state index is 0.0179. The van der Waals surface area contributed by atoms with Crippen molar-refractivity contribution >= 4 is 17.6 Å². The lowest BCUT2D eigenvalue weighted by molar-refractivity contribution is -0.136. The third-order valence-corrected chi connectivity index (χ3v) is 3.23. The Morgan fingerprint density at radius 2 is 1.90 bits per heavy atom. The topological polar surface area (TPSA) is 46.5 Å². The molecule has 0 amide bonds. The maximum atomic E-state index is 10.6. The minimum atomic E-state index is -0.842. The molecule has 104 valence electrons. The highest BCUT2D eigenvalue weighted by molar-refractivity contribution is 6.31. The molecule has 0 aliphatic heterocycles. The Hall–Kier alpha value is -2.00. The molecule has 0 aliphatic rings. The Bertz CT molecular complexity index is 606. The molecule has 0 aromatic heterocycles. The molecule has 2 rings (SSSR count). The number of hydrogen-bond donors (Lipinski definition) is 1. The minimum Gasteiger partial charge on any atom is -0.489 e. The van der Waals surface area contributed by atoms with Crippen LogP contribution >= 0.6 is 11.6 Å². The van der Waals surface area contributed by atoms with Gasteiger partial charge in [-0.2, -0.15) is 0 Å². The van der Waals surface area contributed by atoms with E-state index >= 15 is 0 Å². The molecule has 4 heteroatoms. The van der Waals surface area contributed by atoms with Crippen LogP contribution in [0.25, 0.3) is 0 Å². The molecular formula is C16H15ClO3. The molecule has 0 heterocycles. The predicted octanol–water partition coefficient (Wildman–Crippen LogP) is 3.85. The summed E-state index contributed by atoms with van der Waals surface area (Å²) in [4.78, 5) is 10.6. The summed E-state index contributed by atoms with van der Waals surface area (Å²) >= 11 is 6.13. The van der Waals surface area contributed by atoms with E-state index in [9.17, 15) is 4.79 Å². The van der Waals surface area contributed by atoms with Crippen molar-refractivity contribution in [3.63, 3.8) is 0 Å². The molecule has 20 heavy (non-hydrogen) atoms. The smallest absolute Gasteiger partial charge is 0.307 e. The van der Waals surface area contributed by atoms with Gasteiger partial charge in [-0.3, -0.25) is 4.79 Å². The molecule has 0 fully saturated rings. The first kappa shape index (κ1) is 14.4. The highest BCUT2D eigenvalue weighted by Crippen LogP contribution is 2.20. The maximum Gasteiger partial charge on any atom is 0.307 e. The van der Waals surface area contributed by atoms with Crippen LogP contribution in [0.2, 0.25) is 5.02 Å². The van der Waals surface area contributed by atoms with E-state index in [2.05, 4.69) is 0 Å².